The number of thioether (sulfide) groups is 1. The van der Waals surface area contributed by atoms with Crippen LogP contribution in [0.2, 0.25) is 0 Å². The monoisotopic (exact) mass is 444 g/mol. The molecule has 0 saturated carbocycles. The molecule has 160 valence electrons. The fourth-order valence-corrected chi connectivity index (χ4v) is 4.67. The largest absolute Gasteiger partial charge is 0.493 e. The van der Waals surface area contributed by atoms with Gasteiger partial charge in [-0.1, -0.05) is 49.4 Å². The molecule has 0 aliphatic heterocycles. The van der Waals surface area contributed by atoms with Crippen LogP contribution < -0.4 is 14.3 Å². The van der Waals surface area contributed by atoms with E-state index in [0.717, 1.165) is 28.1 Å². The summed E-state index contributed by atoms with van der Waals surface area (Å²) in [6.07, 6.45) is 2.36. The summed E-state index contributed by atoms with van der Waals surface area (Å²) < 4.78 is 14.0. The van der Waals surface area contributed by atoms with E-state index < -0.39 is 0 Å². The Morgan fingerprint density at radius 1 is 1.13 bits per heavy atom. The van der Waals surface area contributed by atoms with Crippen molar-refractivity contribution in [2.75, 3.05) is 26.2 Å². The van der Waals surface area contributed by atoms with Gasteiger partial charge in [0.15, 0.2) is 16.3 Å². The van der Waals surface area contributed by atoms with Gasteiger partial charge in [0.2, 0.25) is 0 Å². The maximum Gasteiger partial charge on any atom is 0.252 e. The predicted molar refractivity (Wildman–Crippen MR) is 126 cm³/mol. The van der Waals surface area contributed by atoms with Crippen LogP contribution in [0.5, 0.6) is 11.5 Å². The average molecular weight is 445 g/mol. The fraction of sp³-hybridized carbons (Fsp3) is 0.391. The summed E-state index contributed by atoms with van der Waals surface area (Å²) in [5.74, 6) is 2.60. The highest BCUT2D eigenvalue weighted by Gasteiger charge is 2.13. The van der Waals surface area contributed by atoms with Crippen molar-refractivity contribution in [3.05, 3.63) is 52.3 Å². The van der Waals surface area contributed by atoms with E-state index in [1.54, 1.807) is 26.0 Å². The number of carbonyl (C=O) groups excluding carboxylic acids is 1. The number of hydrogen-bond donors (Lipinski definition) is 0. The Morgan fingerprint density at radius 3 is 2.40 bits per heavy atom. The van der Waals surface area contributed by atoms with Crippen LogP contribution in [0.15, 0.2) is 41.4 Å². The first kappa shape index (κ1) is 22.4. The van der Waals surface area contributed by atoms with Gasteiger partial charge >= 0.3 is 0 Å². The van der Waals surface area contributed by atoms with Crippen LogP contribution in [0.4, 0.5) is 0 Å². The normalized spacial score (nSPS) is 12.0. The van der Waals surface area contributed by atoms with Crippen molar-refractivity contribution in [3.8, 4) is 11.5 Å². The van der Waals surface area contributed by atoms with E-state index in [4.69, 9.17) is 9.47 Å². The maximum absolute atomic E-state index is 12.7. The Bertz CT molecular complexity index is 1080. The number of ether oxygens (including phenoxy) is 2. The Hall–Kier alpha value is -2.25. The lowest BCUT2D eigenvalue weighted by Crippen LogP contribution is -2.18. The SMILES string of the molecule is COc1cc2sc(=NC(=O)Cc3ccc(C(C)C)cc3)n(CCSC)c2cc1OC. The minimum absolute atomic E-state index is 0.143. The van der Waals surface area contributed by atoms with Gasteiger partial charge in [0.25, 0.3) is 5.91 Å². The molecule has 0 bridgehead atoms. The van der Waals surface area contributed by atoms with Crippen molar-refractivity contribution in [1.29, 1.82) is 0 Å². The van der Waals surface area contributed by atoms with Crippen molar-refractivity contribution >= 4 is 39.2 Å². The first-order chi connectivity index (χ1) is 14.5. The van der Waals surface area contributed by atoms with E-state index in [1.807, 2.05) is 24.3 Å². The minimum Gasteiger partial charge on any atom is -0.493 e. The molecule has 2 aromatic carbocycles. The lowest BCUT2D eigenvalue weighted by molar-refractivity contribution is -0.117. The lowest BCUT2D eigenvalue weighted by Gasteiger charge is -2.09. The lowest BCUT2D eigenvalue weighted by atomic mass is 10.0. The molecule has 0 aliphatic rings. The third-order valence-corrected chi connectivity index (χ3v) is 6.56. The van der Waals surface area contributed by atoms with Crippen molar-refractivity contribution in [2.24, 2.45) is 4.99 Å². The van der Waals surface area contributed by atoms with Crippen LogP contribution in [0, 0.1) is 0 Å². The van der Waals surface area contributed by atoms with Gasteiger partial charge in [-0.05, 0) is 23.3 Å². The van der Waals surface area contributed by atoms with Crippen LogP contribution in [0.1, 0.15) is 30.9 Å². The zero-order valence-electron chi connectivity index (χ0n) is 18.1. The number of benzene rings is 2. The number of aromatic nitrogens is 1. The van der Waals surface area contributed by atoms with Crippen molar-refractivity contribution in [2.45, 2.75) is 32.7 Å². The van der Waals surface area contributed by atoms with Gasteiger partial charge in [-0.15, -0.1) is 0 Å². The molecule has 5 nitrogen and oxygen atoms in total. The van der Waals surface area contributed by atoms with Crippen LogP contribution >= 0.6 is 23.1 Å². The molecule has 0 N–H and O–H groups in total. The van der Waals surface area contributed by atoms with E-state index in [0.29, 0.717) is 28.6 Å². The van der Waals surface area contributed by atoms with E-state index in [-0.39, 0.29) is 5.91 Å². The number of rotatable bonds is 8. The third kappa shape index (κ3) is 5.08. The summed E-state index contributed by atoms with van der Waals surface area (Å²) in [5.41, 5.74) is 3.25. The summed E-state index contributed by atoms with van der Waals surface area (Å²) in [5, 5.41) is 0. The van der Waals surface area contributed by atoms with E-state index in [1.165, 1.54) is 16.9 Å². The van der Waals surface area contributed by atoms with Crippen molar-refractivity contribution < 1.29 is 14.3 Å². The molecule has 30 heavy (non-hydrogen) atoms. The molecule has 0 atom stereocenters. The fourth-order valence-electron chi connectivity index (χ4n) is 3.22. The molecule has 0 unspecified atom stereocenters. The Morgan fingerprint density at radius 2 is 1.80 bits per heavy atom. The quantitative estimate of drug-likeness (QED) is 0.497. The van der Waals surface area contributed by atoms with Gasteiger partial charge in [-0.3, -0.25) is 4.79 Å². The van der Waals surface area contributed by atoms with Crippen molar-refractivity contribution in [3.63, 3.8) is 0 Å². The molecule has 3 rings (SSSR count). The number of carbonyl (C=O) groups is 1. The number of fused-ring (bicyclic) bond motifs is 1. The standard InChI is InChI=1S/C23H28N2O3S2/c1-15(2)17-8-6-16(7-9-17)12-22(26)24-23-25(10-11-29-5)18-13-19(27-3)20(28-4)14-21(18)30-23/h6-9,13-15H,10-12H2,1-5H3. The number of aryl methyl sites for hydroxylation is 1. The van der Waals surface area contributed by atoms with E-state index in [9.17, 15) is 4.79 Å². The third-order valence-electron chi connectivity index (χ3n) is 4.93. The number of thiazole rings is 1. The zero-order chi connectivity index (χ0) is 21.7. The number of hydrogen-bond acceptors (Lipinski definition) is 5. The molecule has 0 radical (unpaired) electrons. The summed E-state index contributed by atoms with van der Waals surface area (Å²) in [4.78, 5) is 17.9. The Balaban J connectivity index is 1.97. The second-order valence-electron chi connectivity index (χ2n) is 7.28. The first-order valence-electron chi connectivity index (χ1n) is 9.87. The molecule has 3 aromatic rings. The average Bonchev–Trinajstić information content (AvgIpc) is 3.06. The Kier molecular flexibility index (Phi) is 7.61. The van der Waals surface area contributed by atoms with Gasteiger partial charge in [0.1, 0.15) is 0 Å². The van der Waals surface area contributed by atoms with Gasteiger partial charge in [-0.25, -0.2) is 0 Å². The Labute approximate surface area is 185 Å². The highest BCUT2D eigenvalue weighted by atomic mass is 32.2. The maximum atomic E-state index is 12.7. The highest BCUT2D eigenvalue weighted by molar-refractivity contribution is 7.98. The predicted octanol–water partition coefficient (Wildman–Crippen LogP) is 4.88. The van der Waals surface area contributed by atoms with Crippen LogP contribution in [-0.2, 0) is 17.8 Å². The molecule has 7 heteroatoms. The van der Waals surface area contributed by atoms with Crippen LogP contribution in [0.3, 0.4) is 0 Å². The number of amides is 1. The molecule has 0 fully saturated rings. The van der Waals surface area contributed by atoms with Crippen molar-refractivity contribution in [1.82, 2.24) is 4.57 Å². The second-order valence-corrected chi connectivity index (χ2v) is 9.28. The minimum atomic E-state index is -0.143. The molecule has 0 saturated heterocycles. The van der Waals surface area contributed by atoms with Crippen LogP contribution in [-0.4, -0.2) is 36.7 Å². The summed E-state index contributed by atoms with van der Waals surface area (Å²) >= 11 is 3.26. The first-order valence-corrected chi connectivity index (χ1v) is 12.1. The molecule has 0 aliphatic carbocycles. The zero-order valence-corrected chi connectivity index (χ0v) is 19.7. The van der Waals surface area contributed by atoms with Gasteiger partial charge in [0, 0.05) is 24.4 Å². The number of nitrogens with zero attached hydrogens (tertiary/aromatic N) is 2. The second kappa shape index (κ2) is 10.2. The topological polar surface area (TPSA) is 52.8 Å². The van der Waals surface area contributed by atoms with Gasteiger partial charge in [-0.2, -0.15) is 16.8 Å². The summed E-state index contributed by atoms with van der Waals surface area (Å²) in [6, 6.07) is 12.1. The molecule has 1 aromatic heterocycles. The summed E-state index contributed by atoms with van der Waals surface area (Å²) in [6.45, 7) is 5.09. The van der Waals surface area contributed by atoms with Gasteiger partial charge < -0.3 is 14.0 Å². The molecular weight excluding hydrogens is 416 g/mol. The number of methoxy groups -OCH3 is 2. The molecule has 0 spiro atoms. The van der Waals surface area contributed by atoms with E-state index in [2.05, 4.69) is 41.8 Å². The molecule has 1 amide bonds. The highest BCUT2D eigenvalue weighted by Crippen LogP contribution is 2.33. The summed E-state index contributed by atoms with van der Waals surface area (Å²) in [7, 11) is 3.25. The molecular formula is C23H28N2O3S2. The van der Waals surface area contributed by atoms with E-state index >= 15 is 0 Å². The van der Waals surface area contributed by atoms with Gasteiger partial charge in [0.05, 0.1) is 30.9 Å². The smallest absolute Gasteiger partial charge is 0.252 e. The molecule has 1 heterocycles. The van der Waals surface area contributed by atoms with Crippen LogP contribution in [0.25, 0.3) is 10.2 Å².